The van der Waals surface area contributed by atoms with Crippen LogP contribution in [0.1, 0.15) is 18.4 Å². The number of carbonyl (C=O) groups excluding carboxylic acids is 4. The van der Waals surface area contributed by atoms with E-state index in [1.54, 1.807) is 105 Å². The fraction of sp³-hybridized carbons (Fsp3) is 0.216. The number of carboxylic acids is 1. The molecule has 0 aromatic heterocycles. The molecule has 0 radical (unpaired) electrons. The molecule has 4 aromatic carbocycles. The van der Waals surface area contributed by atoms with Crippen molar-refractivity contribution < 1.29 is 38.6 Å². The van der Waals surface area contributed by atoms with Gasteiger partial charge in [-0.15, -0.1) is 0 Å². The van der Waals surface area contributed by atoms with Crippen molar-refractivity contribution in [1.82, 2.24) is 5.32 Å². The molecule has 3 N–H and O–H groups in total. The molecule has 0 aliphatic carbocycles. The lowest BCUT2D eigenvalue weighted by Crippen LogP contribution is -2.46. The van der Waals surface area contributed by atoms with Crippen molar-refractivity contribution in [3.63, 3.8) is 0 Å². The van der Waals surface area contributed by atoms with Crippen LogP contribution in [0.2, 0.25) is 0 Å². The van der Waals surface area contributed by atoms with E-state index in [1.165, 1.54) is 34.8 Å². The van der Waals surface area contributed by atoms with Crippen LogP contribution in [0.15, 0.2) is 103 Å². The number of hydrogen-bond acceptors (Lipinski definition) is 7. The molecule has 4 rings (SSSR count). The highest BCUT2D eigenvalue weighted by molar-refractivity contribution is 6.06. The molecule has 0 bridgehead atoms. The number of anilines is 4. The molecule has 50 heavy (non-hydrogen) atoms. The number of nitrogens with one attached hydrogen (secondary N) is 2. The smallest absolute Gasteiger partial charge is 0.319 e. The van der Waals surface area contributed by atoms with E-state index >= 15 is 0 Å². The Balaban J connectivity index is 1.52. The van der Waals surface area contributed by atoms with Gasteiger partial charge in [0.05, 0.1) is 25.3 Å². The average molecular weight is 682 g/mol. The molecule has 0 spiro atoms. The van der Waals surface area contributed by atoms with Gasteiger partial charge in [0, 0.05) is 37.2 Å². The maximum Gasteiger partial charge on any atom is 0.319 e. The lowest BCUT2D eigenvalue weighted by Gasteiger charge is -2.27. The van der Waals surface area contributed by atoms with E-state index in [9.17, 15) is 29.1 Å². The largest absolute Gasteiger partial charge is 0.497 e. The highest BCUT2D eigenvalue weighted by atomic mass is 16.5. The van der Waals surface area contributed by atoms with Gasteiger partial charge in [-0.2, -0.15) is 0 Å². The van der Waals surface area contributed by atoms with Crippen LogP contribution < -0.4 is 34.8 Å². The Morgan fingerprint density at radius 2 is 1.42 bits per heavy atom. The summed E-state index contributed by atoms with van der Waals surface area (Å²) in [5.74, 6) is -2.51. The molecule has 1 unspecified atom stereocenters. The van der Waals surface area contributed by atoms with Gasteiger partial charge >= 0.3 is 12.0 Å². The van der Waals surface area contributed by atoms with Crippen molar-refractivity contribution in [3.05, 3.63) is 109 Å². The normalized spacial score (nSPS) is 11.0. The highest BCUT2D eigenvalue weighted by Gasteiger charge is 2.26. The van der Waals surface area contributed by atoms with Gasteiger partial charge in [0.2, 0.25) is 11.8 Å². The Bertz CT molecular complexity index is 1830. The summed E-state index contributed by atoms with van der Waals surface area (Å²) in [5.41, 5.74) is 2.23. The van der Waals surface area contributed by atoms with Gasteiger partial charge in [-0.1, -0.05) is 48.5 Å². The number of methoxy groups -OCH3 is 1. The fourth-order valence-electron chi connectivity index (χ4n) is 4.80. The number of carboxylic acid groups (broad SMARTS) is 1. The number of likely N-dealkylation sites (N-methyl/N-ethyl adjacent to an activating group) is 2. The van der Waals surface area contributed by atoms with Crippen LogP contribution in [0.5, 0.6) is 11.5 Å². The summed E-state index contributed by atoms with van der Waals surface area (Å²) in [6, 6.07) is 28.0. The molecule has 13 nitrogen and oxygen atoms in total. The molecule has 13 heteroatoms. The number of nitrogens with zero attached hydrogens (tertiary/aromatic N) is 3. The number of ether oxygens (including phenoxy) is 2. The van der Waals surface area contributed by atoms with E-state index in [4.69, 9.17) is 9.47 Å². The van der Waals surface area contributed by atoms with Gasteiger partial charge < -0.3 is 35.0 Å². The zero-order valence-electron chi connectivity index (χ0n) is 28.2. The van der Waals surface area contributed by atoms with Crippen LogP contribution >= 0.6 is 0 Å². The van der Waals surface area contributed by atoms with Gasteiger partial charge in [-0.3, -0.25) is 24.1 Å². The summed E-state index contributed by atoms with van der Waals surface area (Å²) in [6.07, 6.45) is 0. The number of aliphatic carboxylic acids is 1. The lowest BCUT2D eigenvalue weighted by molar-refractivity contribution is -0.138. The average Bonchev–Trinajstić information content (AvgIpc) is 3.14. The SMILES string of the molecule is COc1cccc(N(C)C(=O)COc2ccccc2N(CC(=O)N(C)c2ccccc2)C(=O)CNC(=O)Nc2cccc(C(C)C(=O)O)c2)c1. The number of para-hydroxylation sites is 3. The summed E-state index contributed by atoms with van der Waals surface area (Å²) >= 11 is 0. The van der Waals surface area contributed by atoms with Gasteiger partial charge in [-0.25, -0.2) is 4.79 Å². The molecule has 0 heterocycles. The van der Waals surface area contributed by atoms with Gasteiger partial charge in [-0.05, 0) is 61.0 Å². The minimum atomic E-state index is -1.01. The molecule has 0 fully saturated rings. The van der Waals surface area contributed by atoms with E-state index in [0.717, 1.165) is 0 Å². The van der Waals surface area contributed by atoms with Crippen molar-refractivity contribution in [2.75, 3.05) is 60.9 Å². The third-order valence-corrected chi connectivity index (χ3v) is 7.85. The van der Waals surface area contributed by atoms with Crippen LogP contribution in [-0.2, 0) is 19.2 Å². The Morgan fingerprint density at radius 1 is 0.760 bits per heavy atom. The summed E-state index contributed by atoms with van der Waals surface area (Å²) in [7, 11) is 4.71. The van der Waals surface area contributed by atoms with E-state index in [-0.39, 0.29) is 24.0 Å². The highest BCUT2D eigenvalue weighted by Crippen LogP contribution is 2.29. The first kappa shape index (κ1) is 36.5. The van der Waals surface area contributed by atoms with Crippen LogP contribution in [-0.4, -0.2) is 75.7 Å². The van der Waals surface area contributed by atoms with E-state index in [0.29, 0.717) is 28.4 Å². The van der Waals surface area contributed by atoms with Crippen LogP contribution in [0.4, 0.5) is 27.5 Å². The Kier molecular flexibility index (Phi) is 12.5. The van der Waals surface area contributed by atoms with Crippen LogP contribution in [0.25, 0.3) is 0 Å². The predicted octanol–water partition coefficient (Wildman–Crippen LogP) is 4.74. The third-order valence-electron chi connectivity index (χ3n) is 7.85. The lowest BCUT2D eigenvalue weighted by atomic mass is 10.0. The second kappa shape index (κ2) is 17.2. The van der Waals surface area contributed by atoms with Crippen molar-refractivity contribution in [2.45, 2.75) is 12.8 Å². The van der Waals surface area contributed by atoms with E-state index in [1.807, 2.05) is 6.07 Å². The minimum Gasteiger partial charge on any atom is -0.497 e. The number of hydrogen-bond donors (Lipinski definition) is 3. The second-order valence-corrected chi connectivity index (χ2v) is 11.2. The maximum atomic E-state index is 13.8. The number of rotatable bonds is 14. The topological polar surface area (TPSA) is 158 Å². The van der Waals surface area contributed by atoms with Crippen molar-refractivity contribution in [2.24, 2.45) is 0 Å². The monoisotopic (exact) mass is 681 g/mol. The molecular weight excluding hydrogens is 642 g/mol. The standard InChI is InChI=1S/C37H39N5O8/c1-25(36(46)47)26-12-10-13-27(20-26)39-37(48)38-22-33(43)42(23-34(44)40(2)28-14-6-5-7-15-28)31-18-8-9-19-32(31)50-24-35(45)41(3)29-16-11-17-30(21-29)49-4/h5-21,25H,22-24H2,1-4H3,(H,46,47)(H2,38,39,48). The summed E-state index contributed by atoms with van der Waals surface area (Å²) in [5, 5.41) is 14.4. The molecular formula is C37H39N5O8. The predicted molar refractivity (Wildman–Crippen MR) is 190 cm³/mol. The third kappa shape index (κ3) is 9.60. The number of benzene rings is 4. The Hall–Kier alpha value is -6.37. The second-order valence-electron chi connectivity index (χ2n) is 11.2. The quantitative estimate of drug-likeness (QED) is 0.172. The van der Waals surface area contributed by atoms with Gasteiger partial charge in [0.15, 0.2) is 6.61 Å². The van der Waals surface area contributed by atoms with Crippen molar-refractivity contribution in [1.29, 1.82) is 0 Å². The van der Waals surface area contributed by atoms with Crippen LogP contribution in [0.3, 0.4) is 0 Å². The molecule has 260 valence electrons. The fourth-order valence-corrected chi connectivity index (χ4v) is 4.80. The Morgan fingerprint density at radius 3 is 2.14 bits per heavy atom. The van der Waals surface area contributed by atoms with E-state index in [2.05, 4.69) is 10.6 Å². The molecule has 0 aliphatic rings. The molecule has 0 saturated carbocycles. The number of urea groups is 1. The van der Waals surface area contributed by atoms with Crippen molar-refractivity contribution in [3.8, 4) is 11.5 Å². The first-order chi connectivity index (χ1) is 24.0. The summed E-state index contributed by atoms with van der Waals surface area (Å²) in [4.78, 5) is 68.6. The summed E-state index contributed by atoms with van der Waals surface area (Å²) < 4.78 is 11.2. The van der Waals surface area contributed by atoms with Gasteiger partial charge in [0.1, 0.15) is 18.0 Å². The number of carbonyl (C=O) groups is 5. The summed E-state index contributed by atoms with van der Waals surface area (Å²) in [6.45, 7) is 0.221. The number of amides is 5. The Labute approximate surface area is 290 Å². The first-order valence-electron chi connectivity index (χ1n) is 15.6. The molecule has 1 atom stereocenters. The minimum absolute atomic E-state index is 0.164. The zero-order chi connectivity index (χ0) is 36.2. The maximum absolute atomic E-state index is 13.8. The molecule has 4 aromatic rings. The van der Waals surface area contributed by atoms with Crippen molar-refractivity contribution >= 4 is 52.5 Å². The molecule has 5 amide bonds. The van der Waals surface area contributed by atoms with Gasteiger partial charge in [0.25, 0.3) is 5.91 Å². The van der Waals surface area contributed by atoms with Crippen LogP contribution in [0, 0.1) is 0 Å². The zero-order valence-corrected chi connectivity index (χ0v) is 28.2. The van der Waals surface area contributed by atoms with E-state index < -0.39 is 42.8 Å². The molecule has 0 saturated heterocycles. The first-order valence-corrected chi connectivity index (χ1v) is 15.6. The molecule has 0 aliphatic heterocycles.